The number of nitrogens with zero attached hydrogens (tertiary/aromatic N) is 2. The van der Waals surface area contributed by atoms with E-state index in [0.717, 1.165) is 5.57 Å². The van der Waals surface area contributed by atoms with Crippen molar-refractivity contribution in [2.75, 3.05) is 19.7 Å². The van der Waals surface area contributed by atoms with Crippen molar-refractivity contribution in [3.05, 3.63) is 11.6 Å². The lowest BCUT2D eigenvalue weighted by Gasteiger charge is -2.23. The minimum absolute atomic E-state index is 0.101. The molecule has 126 valence electrons. The van der Waals surface area contributed by atoms with Gasteiger partial charge in [-0.15, -0.1) is 0 Å². The molecule has 0 fully saturated rings. The smallest absolute Gasteiger partial charge is 0.308 e. The largest absolute Gasteiger partial charge is 0.481 e. The van der Waals surface area contributed by atoms with Crippen LogP contribution in [-0.2, 0) is 4.79 Å². The third-order valence-corrected chi connectivity index (χ3v) is 3.73. The van der Waals surface area contributed by atoms with Gasteiger partial charge in [-0.2, -0.15) is 0 Å². The molecule has 22 heavy (non-hydrogen) atoms. The number of guanidine groups is 1. The summed E-state index contributed by atoms with van der Waals surface area (Å²) in [5, 5.41) is 27.9. The first-order valence-electron chi connectivity index (χ1n) is 7.58. The third-order valence-electron chi connectivity index (χ3n) is 3.73. The maximum absolute atomic E-state index is 11.5. The van der Waals surface area contributed by atoms with Gasteiger partial charge in [0.1, 0.15) is 0 Å². The maximum atomic E-state index is 11.5. The monoisotopic (exact) mass is 313 g/mol. The minimum Gasteiger partial charge on any atom is -0.481 e. The molecular weight excluding hydrogens is 286 g/mol. The van der Waals surface area contributed by atoms with Crippen LogP contribution in [0.3, 0.4) is 0 Å². The second kappa shape index (κ2) is 8.75. The van der Waals surface area contributed by atoms with Crippen molar-refractivity contribution < 1.29 is 20.1 Å². The van der Waals surface area contributed by atoms with Gasteiger partial charge in [-0.3, -0.25) is 4.79 Å². The maximum Gasteiger partial charge on any atom is 0.308 e. The van der Waals surface area contributed by atoms with Gasteiger partial charge >= 0.3 is 5.97 Å². The lowest BCUT2D eigenvalue weighted by atomic mass is 9.94. The molecule has 0 spiro atoms. The average Bonchev–Trinajstić information content (AvgIpc) is 2.75. The van der Waals surface area contributed by atoms with Crippen LogP contribution >= 0.6 is 0 Å². The van der Waals surface area contributed by atoms with E-state index >= 15 is 0 Å². The number of allylic oxidation sites excluding steroid dienone is 2. The molecule has 0 aromatic heterocycles. The summed E-state index contributed by atoms with van der Waals surface area (Å²) in [5.41, 5.74) is 6.99. The molecule has 0 aromatic carbocycles. The number of aliphatic carboxylic acids is 1. The zero-order chi connectivity index (χ0) is 16.7. The van der Waals surface area contributed by atoms with E-state index in [1.807, 2.05) is 19.9 Å². The highest BCUT2D eigenvalue weighted by molar-refractivity contribution is 5.81. The fourth-order valence-corrected chi connectivity index (χ4v) is 2.52. The molecule has 7 nitrogen and oxygen atoms in total. The van der Waals surface area contributed by atoms with Crippen molar-refractivity contribution >= 4 is 11.9 Å². The Kier molecular flexibility index (Phi) is 7.34. The normalized spacial score (nSPS) is 20.5. The Hall–Kier alpha value is -1.60. The molecule has 0 amide bonds. The second-order valence-electron chi connectivity index (χ2n) is 5.93. The number of carboxylic acid groups (broad SMARTS) is 1. The van der Waals surface area contributed by atoms with Gasteiger partial charge in [-0.25, -0.2) is 4.99 Å². The molecule has 0 saturated carbocycles. The van der Waals surface area contributed by atoms with Gasteiger partial charge in [0.05, 0.1) is 18.1 Å². The highest BCUT2D eigenvalue weighted by Crippen LogP contribution is 2.21. The number of hydrogen-bond donors (Lipinski definition) is 4. The van der Waals surface area contributed by atoms with E-state index in [2.05, 4.69) is 4.99 Å². The molecule has 3 atom stereocenters. The van der Waals surface area contributed by atoms with Crippen LogP contribution in [0, 0.1) is 5.92 Å². The van der Waals surface area contributed by atoms with Gasteiger partial charge in [0, 0.05) is 19.7 Å². The zero-order valence-electron chi connectivity index (χ0n) is 13.3. The van der Waals surface area contributed by atoms with Crippen LogP contribution in [0.15, 0.2) is 16.6 Å². The van der Waals surface area contributed by atoms with Gasteiger partial charge in [0.25, 0.3) is 0 Å². The van der Waals surface area contributed by atoms with Gasteiger partial charge in [0.15, 0.2) is 5.96 Å². The predicted octanol–water partition coefficient (Wildman–Crippen LogP) is 0.176. The van der Waals surface area contributed by atoms with E-state index in [-0.39, 0.29) is 25.5 Å². The predicted molar refractivity (Wildman–Crippen MR) is 84.5 cm³/mol. The van der Waals surface area contributed by atoms with Gasteiger partial charge in [0.2, 0.25) is 0 Å². The van der Waals surface area contributed by atoms with Crippen LogP contribution in [0.2, 0.25) is 0 Å². The molecular formula is C15H27N3O4. The van der Waals surface area contributed by atoms with Crippen molar-refractivity contribution in [3.8, 4) is 0 Å². The molecule has 1 aliphatic rings. The topological polar surface area (TPSA) is 119 Å². The molecule has 1 rings (SSSR count). The summed E-state index contributed by atoms with van der Waals surface area (Å²) in [4.78, 5) is 17.4. The molecule has 1 aliphatic heterocycles. The van der Waals surface area contributed by atoms with E-state index in [1.165, 1.54) is 0 Å². The number of hydrogen-bond acceptors (Lipinski definition) is 6. The zero-order valence-corrected chi connectivity index (χ0v) is 13.3. The SMILES string of the molecule is CC(C)=CCC[C@@H](C(=O)O)[C@@H]1CN(C[C@H](O)CCO)C(N)=N1. The van der Waals surface area contributed by atoms with E-state index in [0.29, 0.717) is 19.4 Å². The lowest BCUT2D eigenvalue weighted by molar-refractivity contribution is -0.142. The van der Waals surface area contributed by atoms with Crippen molar-refractivity contribution in [2.24, 2.45) is 16.6 Å². The van der Waals surface area contributed by atoms with Crippen molar-refractivity contribution in [1.29, 1.82) is 0 Å². The molecule has 0 bridgehead atoms. The number of rotatable bonds is 9. The van der Waals surface area contributed by atoms with Crippen LogP contribution < -0.4 is 5.73 Å². The highest BCUT2D eigenvalue weighted by Gasteiger charge is 2.34. The summed E-state index contributed by atoms with van der Waals surface area (Å²) in [5.74, 6) is -1.20. The highest BCUT2D eigenvalue weighted by atomic mass is 16.4. The molecule has 0 saturated heterocycles. The standard InChI is InChI=1S/C15H27N3O4/c1-10(2)4-3-5-12(14(21)22)13-9-18(15(16)17-13)8-11(20)6-7-19/h4,11-13,19-20H,3,5-9H2,1-2H3,(H2,16,17)(H,21,22)/t11-,12-,13+/m1/s1. The third kappa shape index (κ3) is 5.65. The molecule has 0 unspecified atom stereocenters. The summed E-state index contributed by atoms with van der Waals surface area (Å²) in [6, 6.07) is -0.399. The number of aliphatic hydroxyl groups is 2. The molecule has 5 N–H and O–H groups in total. The van der Waals surface area contributed by atoms with Crippen LogP contribution in [0.25, 0.3) is 0 Å². The molecule has 7 heteroatoms. The van der Waals surface area contributed by atoms with E-state index < -0.39 is 24.0 Å². The Morgan fingerprint density at radius 2 is 2.18 bits per heavy atom. The van der Waals surface area contributed by atoms with Crippen molar-refractivity contribution in [3.63, 3.8) is 0 Å². The average molecular weight is 313 g/mol. The van der Waals surface area contributed by atoms with Crippen LogP contribution in [0.1, 0.15) is 33.1 Å². The Bertz CT molecular complexity index is 433. The molecule has 0 aromatic rings. The Morgan fingerprint density at radius 3 is 2.73 bits per heavy atom. The first kappa shape index (κ1) is 18.4. The van der Waals surface area contributed by atoms with Gasteiger partial charge in [-0.05, 0) is 33.1 Å². The Morgan fingerprint density at radius 1 is 1.50 bits per heavy atom. The number of aliphatic imine (C=N–C) groups is 1. The van der Waals surface area contributed by atoms with E-state index in [4.69, 9.17) is 10.8 Å². The van der Waals surface area contributed by atoms with Crippen molar-refractivity contribution in [1.82, 2.24) is 4.90 Å². The van der Waals surface area contributed by atoms with Crippen LogP contribution in [0.4, 0.5) is 0 Å². The number of nitrogens with two attached hydrogens (primary N) is 1. The van der Waals surface area contributed by atoms with E-state index in [1.54, 1.807) is 4.90 Å². The number of aliphatic hydroxyl groups excluding tert-OH is 2. The second-order valence-corrected chi connectivity index (χ2v) is 5.93. The minimum atomic E-state index is -0.874. The molecule has 1 heterocycles. The fraction of sp³-hybridized carbons (Fsp3) is 0.733. The van der Waals surface area contributed by atoms with Gasteiger partial charge in [-0.1, -0.05) is 11.6 Å². The Labute approximate surface area is 131 Å². The summed E-state index contributed by atoms with van der Waals surface area (Å²) in [6.07, 6.45) is 2.78. The Balaban J connectivity index is 2.63. The quantitative estimate of drug-likeness (QED) is 0.451. The van der Waals surface area contributed by atoms with Crippen LogP contribution in [0.5, 0.6) is 0 Å². The number of carboxylic acids is 1. The summed E-state index contributed by atoms with van der Waals surface area (Å²) < 4.78 is 0. The summed E-state index contributed by atoms with van der Waals surface area (Å²) in [6.45, 7) is 4.50. The van der Waals surface area contributed by atoms with Gasteiger partial charge < -0.3 is 26.0 Å². The van der Waals surface area contributed by atoms with Crippen LogP contribution in [-0.4, -0.2) is 64.0 Å². The molecule has 0 radical (unpaired) electrons. The fourth-order valence-electron chi connectivity index (χ4n) is 2.52. The molecule has 0 aliphatic carbocycles. The first-order valence-corrected chi connectivity index (χ1v) is 7.58. The number of β-amino-alcohol motifs (C(OH)–C–C–N with tert-alkyl or cyclic N) is 1. The number of carbonyl (C=O) groups is 1. The van der Waals surface area contributed by atoms with Crippen molar-refractivity contribution in [2.45, 2.75) is 45.3 Å². The summed E-state index contributed by atoms with van der Waals surface area (Å²) >= 11 is 0. The lowest BCUT2D eigenvalue weighted by Crippen LogP contribution is -2.41. The first-order chi connectivity index (χ1) is 10.3. The van der Waals surface area contributed by atoms with E-state index in [9.17, 15) is 15.0 Å². The summed E-state index contributed by atoms with van der Waals surface area (Å²) in [7, 11) is 0.